The van der Waals surface area contributed by atoms with Crippen molar-refractivity contribution < 1.29 is 9.59 Å². The predicted octanol–water partition coefficient (Wildman–Crippen LogP) is 3.56. The van der Waals surface area contributed by atoms with E-state index in [1.54, 1.807) is 23.1 Å². The fourth-order valence-electron chi connectivity index (χ4n) is 3.34. The van der Waals surface area contributed by atoms with Crippen LogP contribution in [0, 0.1) is 0 Å². The summed E-state index contributed by atoms with van der Waals surface area (Å²) < 4.78 is 0. The number of benzene rings is 2. The monoisotopic (exact) mass is 392 g/mol. The van der Waals surface area contributed by atoms with Gasteiger partial charge >= 0.3 is 0 Å². The first-order chi connectivity index (χ1) is 13.7. The second-order valence-electron chi connectivity index (χ2n) is 6.41. The number of hydrogen-bond acceptors (Lipinski definition) is 4. The van der Waals surface area contributed by atoms with Crippen LogP contribution in [0.3, 0.4) is 0 Å². The smallest absolute Gasteiger partial charge is 0.254 e. The van der Waals surface area contributed by atoms with Crippen molar-refractivity contribution in [1.29, 1.82) is 0 Å². The van der Waals surface area contributed by atoms with Gasteiger partial charge in [0, 0.05) is 41.2 Å². The lowest BCUT2D eigenvalue weighted by Crippen LogP contribution is -2.37. The third kappa shape index (κ3) is 3.46. The summed E-state index contributed by atoms with van der Waals surface area (Å²) in [6.07, 6.45) is 1.12. The molecule has 0 fully saturated rings. The average Bonchev–Trinajstić information content (AvgIpc) is 2.74. The minimum Gasteiger partial charge on any atom is -0.334 e. The van der Waals surface area contributed by atoms with E-state index in [-0.39, 0.29) is 11.9 Å². The highest BCUT2D eigenvalue weighted by molar-refractivity contribution is 6.33. The minimum atomic E-state index is -0.0357. The van der Waals surface area contributed by atoms with E-state index in [0.717, 1.165) is 16.8 Å². The number of nitrogens with one attached hydrogen (secondary N) is 1. The second-order valence-corrected chi connectivity index (χ2v) is 6.81. The highest BCUT2D eigenvalue weighted by Crippen LogP contribution is 2.33. The molecule has 0 unspecified atom stereocenters. The zero-order chi connectivity index (χ0) is 19.5. The maximum atomic E-state index is 12.9. The molecule has 140 valence electrons. The van der Waals surface area contributed by atoms with Gasteiger partial charge in [-0.05, 0) is 18.2 Å². The number of amides is 2. The van der Waals surface area contributed by atoms with E-state index in [1.807, 2.05) is 36.4 Å². The Morgan fingerprint density at radius 3 is 2.57 bits per heavy atom. The van der Waals surface area contributed by atoms with Gasteiger partial charge in [-0.2, -0.15) is 0 Å². The van der Waals surface area contributed by atoms with Crippen molar-refractivity contribution >= 4 is 29.9 Å². The molecule has 0 aliphatic carbocycles. The molecule has 2 amide bonds. The molecule has 2 heterocycles. The number of carbonyl (C=O) groups excluding carboxylic acids is 2. The molecule has 0 radical (unpaired) electrons. The molecule has 1 aromatic heterocycles. The first-order valence-corrected chi connectivity index (χ1v) is 9.24. The molecule has 7 heteroatoms. The molecule has 0 bridgehead atoms. The average molecular weight is 393 g/mol. The Kier molecular flexibility index (Phi) is 5.04. The molecule has 4 rings (SSSR count). The van der Waals surface area contributed by atoms with Gasteiger partial charge in [0.2, 0.25) is 12.4 Å². The van der Waals surface area contributed by atoms with Crippen molar-refractivity contribution in [2.75, 3.05) is 11.9 Å². The number of nitrogens with zero attached hydrogens (tertiary/aromatic N) is 3. The zero-order valence-electron chi connectivity index (χ0n) is 14.9. The molecule has 1 aliphatic heterocycles. The van der Waals surface area contributed by atoms with Gasteiger partial charge in [-0.3, -0.25) is 14.9 Å². The topological polar surface area (TPSA) is 75.2 Å². The van der Waals surface area contributed by atoms with Crippen molar-refractivity contribution in [2.45, 2.75) is 13.0 Å². The number of anilines is 1. The second kappa shape index (κ2) is 7.78. The molecule has 1 aliphatic rings. The Morgan fingerprint density at radius 1 is 1.07 bits per heavy atom. The number of halogens is 1. The van der Waals surface area contributed by atoms with Crippen LogP contribution in [0.4, 0.5) is 5.95 Å². The van der Waals surface area contributed by atoms with Crippen LogP contribution in [0.2, 0.25) is 5.02 Å². The molecule has 0 atom stereocenters. The van der Waals surface area contributed by atoms with Crippen molar-refractivity contribution in [3.05, 3.63) is 76.4 Å². The maximum absolute atomic E-state index is 12.9. The lowest BCUT2D eigenvalue weighted by atomic mass is 9.98. The van der Waals surface area contributed by atoms with Crippen LogP contribution >= 0.6 is 11.6 Å². The third-order valence-electron chi connectivity index (χ3n) is 4.69. The van der Waals surface area contributed by atoms with Crippen molar-refractivity contribution in [3.63, 3.8) is 0 Å². The molecule has 2 aromatic carbocycles. The minimum absolute atomic E-state index is 0.0357. The van der Waals surface area contributed by atoms with E-state index < -0.39 is 0 Å². The van der Waals surface area contributed by atoms with Crippen LogP contribution in [-0.4, -0.2) is 33.7 Å². The van der Waals surface area contributed by atoms with E-state index in [1.165, 1.54) is 0 Å². The number of fused-ring (bicyclic) bond motifs is 1. The molecule has 3 aromatic rings. The van der Waals surface area contributed by atoms with Crippen LogP contribution in [-0.2, 0) is 17.8 Å². The van der Waals surface area contributed by atoms with Gasteiger partial charge in [0.05, 0.1) is 11.4 Å². The van der Waals surface area contributed by atoms with Gasteiger partial charge < -0.3 is 4.90 Å². The van der Waals surface area contributed by atoms with Gasteiger partial charge in [0.15, 0.2) is 0 Å². The molecule has 0 spiro atoms. The summed E-state index contributed by atoms with van der Waals surface area (Å²) >= 11 is 6.39. The normalized spacial score (nSPS) is 13.0. The van der Waals surface area contributed by atoms with E-state index in [9.17, 15) is 9.59 Å². The maximum Gasteiger partial charge on any atom is 0.254 e. The molecule has 0 saturated heterocycles. The summed E-state index contributed by atoms with van der Waals surface area (Å²) in [4.78, 5) is 34.5. The Bertz CT molecular complexity index is 1040. The fraction of sp³-hybridized carbons (Fsp3) is 0.143. The third-order valence-corrected chi connectivity index (χ3v) is 5.01. The van der Waals surface area contributed by atoms with Crippen LogP contribution in [0.15, 0.2) is 54.6 Å². The van der Waals surface area contributed by atoms with Crippen LogP contribution < -0.4 is 5.32 Å². The SMILES string of the molecule is O=CNc1nc2c(c(-c3ccccc3Cl)n1)CN(C(=O)c1ccccc1)CC2. The van der Waals surface area contributed by atoms with Gasteiger partial charge in [0.25, 0.3) is 5.91 Å². The molecular formula is C21H17ClN4O2. The molecule has 1 N–H and O–H groups in total. The Balaban J connectivity index is 1.77. The Labute approximate surface area is 167 Å². The largest absolute Gasteiger partial charge is 0.334 e. The van der Waals surface area contributed by atoms with Crippen molar-refractivity contribution in [1.82, 2.24) is 14.9 Å². The number of rotatable bonds is 4. The summed E-state index contributed by atoms with van der Waals surface area (Å²) in [5.74, 6) is 0.193. The molecule has 28 heavy (non-hydrogen) atoms. The molecular weight excluding hydrogens is 376 g/mol. The lowest BCUT2D eigenvalue weighted by Gasteiger charge is -2.30. The summed E-state index contributed by atoms with van der Waals surface area (Å²) in [7, 11) is 0. The highest BCUT2D eigenvalue weighted by Gasteiger charge is 2.27. The first kappa shape index (κ1) is 18.1. The predicted molar refractivity (Wildman–Crippen MR) is 107 cm³/mol. The lowest BCUT2D eigenvalue weighted by molar-refractivity contribution is -0.105. The Morgan fingerprint density at radius 2 is 1.82 bits per heavy atom. The standard InChI is InChI=1S/C21H17ClN4O2/c22-17-9-5-4-8-15(17)19-16-12-26(20(28)14-6-2-1-3-7-14)11-10-18(16)24-21(25-19)23-13-27/h1-9,13H,10-12H2,(H,23,24,25,27). The zero-order valence-corrected chi connectivity index (χ0v) is 15.7. The van der Waals surface area contributed by atoms with Crippen LogP contribution in [0.1, 0.15) is 21.6 Å². The summed E-state index contributed by atoms with van der Waals surface area (Å²) in [5, 5.41) is 3.07. The van der Waals surface area contributed by atoms with Gasteiger partial charge in [-0.1, -0.05) is 48.0 Å². The fourth-order valence-corrected chi connectivity index (χ4v) is 3.57. The summed E-state index contributed by atoms with van der Waals surface area (Å²) in [5.41, 5.74) is 3.67. The van der Waals surface area contributed by atoms with E-state index in [2.05, 4.69) is 15.3 Å². The number of aromatic nitrogens is 2. The van der Waals surface area contributed by atoms with Crippen molar-refractivity contribution in [2.24, 2.45) is 0 Å². The number of hydrogen-bond donors (Lipinski definition) is 1. The summed E-state index contributed by atoms with van der Waals surface area (Å²) in [6.45, 7) is 0.922. The van der Waals surface area contributed by atoms with E-state index >= 15 is 0 Å². The van der Waals surface area contributed by atoms with Gasteiger partial charge in [-0.25, -0.2) is 9.97 Å². The highest BCUT2D eigenvalue weighted by atomic mass is 35.5. The van der Waals surface area contributed by atoms with E-state index in [4.69, 9.17) is 11.6 Å². The quantitative estimate of drug-likeness (QED) is 0.689. The van der Waals surface area contributed by atoms with Crippen molar-refractivity contribution in [3.8, 4) is 11.3 Å². The van der Waals surface area contributed by atoms with Crippen LogP contribution in [0.25, 0.3) is 11.3 Å². The first-order valence-electron chi connectivity index (χ1n) is 8.86. The van der Waals surface area contributed by atoms with Crippen LogP contribution in [0.5, 0.6) is 0 Å². The van der Waals surface area contributed by atoms with Gasteiger partial charge in [0.1, 0.15) is 0 Å². The molecule has 6 nitrogen and oxygen atoms in total. The summed E-state index contributed by atoms with van der Waals surface area (Å²) in [6, 6.07) is 16.6. The Hall–Kier alpha value is -3.25. The number of carbonyl (C=O) groups is 2. The molecule has 0 saturated carbocycles. The van der Waals surface area contributed by atoms with Gasteiger partial charge in [-0.15, -0.1) is 0 Å². The van der Waals surface area contributed by atoms with E-state index in [0.29, 0.717) is 42.2 Å².